The van der Waals surface area contributed by atoms with Gasteiger partial charge in [-0.05, 0) is 44.2 Å². The second-order valence-electron chi connectivity index (χ2n) is 7.18. The molecule has 0 bridgehead atoms. The Hall–Kier alpha value is -2.57. The minimum atomic E-state index is -0.899. The Labute approximate surface area is 146 Å². The lowest BCUT2D eigenvalue weighted by molar-refractivity contribution is -0.121. The van der Waals surface area contributed by atoms with Gasteiger partial charge < -0.3 is 15.3 Å². The van der Waals surface area contributed by atoms with E-state index in [1.165, 1.54) is 9.80 Å². The van der Waals surface area contributed by atoms with E-state index in [-0.39, 0.29) is 11.8 Å². The summed E-state index contributed by atoms with van der Waals surface area (Å²) in [6.07, 6.45) is 0.523. The minimum Gasteiger partial charge on any atom is -0.465 e. The molecule has 2 heterocycles. The quantitative estimate of drug-likeness (QED) is 0.861. The molecule has 0 atom stereocenters. The zero-order valence-electron chi connectivity index (χ0n) is 14.5. The molecule has 4 amide bonds. The van der Waals surface area contributed by atoms with Crippen molar-refractivity contribution in [1.29, 1.82) is 0 Å². The summed E-state index contributed by atoms with van der Waals surface area (Å²) in [7, 11) is 0. The van der Waals surface area contributed by atoms with Crippen LogP contribution in [-0.4, -0.2) is 47.7 Å². The van der Waals surface area contributed by atoms with Gasteiger partial charge in [-0.1, -0.05) is 18.2 Å². The molecule has 2 N–H and O–H groups in total. The number of nitrogens with zero attached hydrogens (tertiary/aromatic N) is 2. The fourth-order valence-electron chi connectivity index (χ4n) is 3.54. The van der Waals surface area contributed by atoms with Crippen molar-refractivity contribution in [3.8, 4) is 0 Å². The van der Waals surface area contributed by atoms with Gasteiger partial charge in [0.05, 0.1) is 11.1 Å². The summed E-state index contributed by atoms with van der Waals surface area (Å²) >= 11 is 0. The summed E-state index contributed by atoms with van der Waals surface area (Å²) < 4.78 is 0. The molecule has 134 valence electrons. The second-order valence-corrected chi connectivity index (χ2v) is 7.18. The summed E-state index contributed by atoms with van der Waals surface area (Å²) in [5, 5.41) is 11.8. The van der Waals surface area contributed by atoms with Gasteiger partial charge in [0.1, 0.15) is 0 Å². The van der Waals surface area contributed by atoms with Crippen LogP contribution in [0.15, 0.2) is 24.3 Å². The van der Waals surface area contributed by atoms with Gasteiger partial charge in [-0.15, -0.1) is 0 Å². The van der Waals surface area contributed by atoms with E-state index in [1.54, 1.807) is 6.07 Å². The Kier molecular flexibility index (Phi) is 4.41. The average Bonchev–Trinajstić information content (AvgIpc) is 2.80. The largest absolute Gasteiger partial charge is 0.465 e. The molecule has 25 heavy (non-hydrogen) atoms. The first-order valence-electron chi connectivity index (χ1n) is 8.52. The third-order valence-corrected chi connectivity index (χ3v) is 5.19. The number of carbonyl (C=O) groups excluding carboxylic acids is 2. The van der Waals surface area contributed by atoms with Crippen molar-refractivity contribution in [2.24, 2.45) is 5.92 Å². The standard InChI is InChI=1S/C18H23N3O4/c1-18(2)13-5-3-4-6-14(13)21(15(18)22)16(23)19-11-12-7-9-20(10-8-12)17(24)25/h3-6,12H,7-11H2,1-2H3,(H,19,23)(H,24,25). The topological polar surface area (TPSA) is 90.0 Å². The van der Waals surface area contributed by atoms with Crippen LogP contribution in [0, 0.1) is 5.92 Å². The Morgan fingerprint density at radius 3 is 2.52 bits per heavy atom. The van der Waals surface area contributed by atoms with E-state index in [2.05, 4.69) is 5.32 Å². The van der Waals surface area contributed by atoms with E-state index in [0.29, 0.717) is 38.2 Å². The zero-order chi connectivity index (χ0) is 18.2. The van der Waals surface area contributed by atoms with Gasteiger partial charge in [-0.3, -0.25) is 4.79 Å². The van der Waals surface area contributed by atoms with Crippen LogP contribution in [-0.2, 0) is 10.2 Å². The van der Waals surface area contributed by atoms with Crippen molar-refractivity contribution in [3.63, 3.8) is 0 Å². The molecule has 1 fully saturated rings. The molecule has 3 rings (SSSR count). The van der Waals surface area contributed by atoms with Crippen molar-refractivity contribution in [2.75, 3.05) is 24.5 Å². The Morgan fingerprint density at radius 2 is 1.88 bits per heavy atom. The summed E-state index contributed by atoms with van der Waals surface area (Å²) in [5.41, 5.74) is 0.765. The molecule has 7 nitrogen and oxygen atoms in total. The van der Waals surface area contributed by atoms with Crippen molar-refractivity contribution in [3.05, 3.63) is 29.8 Å². The summed E-state index contributed by atoms with van der Waals surface area (Å²) in [4.78, 5) is 38.8. The van der Waals surface area contributed by atoms with Crippen molar-refractivity contribution in [1.82, 2.24) is 10.2 Å². The summed E-state index contributed by atoms with van der Waals surface area (Å²) in [6, 6.07) is 6.93. The first kappa shape index (κ1) is 17.3. The number of hydrogen-bond acceptors (Lipinski definition) is 3. The van der Waals surface area contributed by atoms with E-state index in [1.807, 2.05) is 32.0 Å². The number of hydrogen-bond donors (Lipinski definition) is 2. The molecular weight excluding hydrogens is 322 g/mol. The SMILES string of the molecule is CC1(C)C(=O)N(C(=O)NCC2CCN(C(=O)O)CC2)c2ccccc21. The molecular formula is C18H23N3O4. The molecule has 1 aromatic carbocycles. The van der Waals surface area contributed by atoms with Crippen LogP contribution in [0.25, 0.3) is 0 Å². The highest BCUT2D eigenvalue weighted by Crippen LogP contribution is 2.41. The third kappa shape index (κ3) is 3.06. The number of para-hydroxylation sites is 1. The molecule has 0 aliphatic carbocycles. The lowest BCUT2D eigenvalue weighted by Gasteiger charge is -2.30. The van der Waals surface area contributed by atoms with Crippen molar-refractivity contribution < 1.29 is 19.5 Å². The Morgan fingerprint density at radius 1 is 1.24 bits per heavy atom. The van der Waals surface area contributed by atoms with E-state index < -0.39 is 17.5 Å². The molecule has 1 saturated heterocycles. The van der Waals surface area contributed by atoms with Crippen LogP contribution >= 0.6 is 0 Å². The van der Waals surface area contributed by atoms with E-state index in [4.69, 9.17) is 5.11 Å². The normalized spacial score (nSPS) is 19.7. The maximum Gasteiger partial charge on any atom is 0.407 e. The van der Waals surface area contributed by atoms with Crippen LogP contribution in [0.5, 0.6) is 0 Å². The van der Waals surface area contributed by atoms with E-state index >= 15 is 0 Å². The average molecular weight is 345 g/mol. The molecule has 1 aromatic rings. The number of likely N-dealkylation sites (tertiary alicyclic amines) is 1. The van der Waals surface area contributed by atoms with Gasteiger partial charge in [0.25, 0.3) is 0 Å². The summed E-state index contributed by atoms with van der Waals surface area (Å²) in [5.74, 6) is -0.00703. The number of piperidine rings is 1. The van der Waals surface area contributed by atoms with Crippen LogP contribution in [0.2, 0.25) is 0 Å². The minimum absolute atomic E-state index is 0.223. The first-order valence-corrected chi connectivity index (χ1v) is 8.52. The highest BCUT2D eigenvalue weighted by molar-refractivity contribution is 6.22. The van der Waals surface area contributed by atoms with Crippen molar-refractivity contribution in [2.45, 2.75) is 32.1 Å². The number of anilines is 1. The first-order chi connectivity index (χ1) is 11.8. The predicted octanol–water partition coefficient (Wildman–Crippen LogP) is 2.41. The van der Waals surface area contributed by atoms with E-state index in [0.717, 1.165) is 5.56 Å². The lowest BCUT2D eigenvalue weighted by atomic mass is 9.86. The number of benzene rings is 1. The zero-order valence-corrected chi connectivity index (χ0v) is 14.5. The molecule has 2 aliphatic rings. The van der Waals surface area contributed by atoms with Crippen LogP contribution in [0.1, 0.15) is 32.3 Å². The van der Waals surface area contributed by atoms with Crippen LogP contribution < -0.4 is 10.2 Å². The predicted molar refractivity (Wildman–Crippen MR) is 92.7 cm³/mol. The maximum atomic E-state index is 12.7. The number of imide groups is 1. The van der Waals surface area contributed by atoms with Gasteiger partial charge in [0.15, 0.2) is 0 Å². The highest BCUT2D eigenvalue weighted by Gasteiger charge is 2.46. The van der Waals surface area contributed by atoms with Crippen LogP contribution in [0.4, 0.5) is 15.3 Å². The lowest BCUT2D eigenvalue weighted by Crippen LogP contribution is -2.48. The second kappa shape index (κ2) is 6.38. The highest BCUT2D eigenvalue weighted by atomic mass is 16.4. The smallest absolute Gasteiger partial charge is 0.407 e. The van der Waals surface area contributed by atoms with Gasteiger partial charge in [0.2, 0.25) is 5.91 Å². The molecule has 0 spiro atoms. The Bertz CT molecular complexity index is 708. The maximum absolute atomic E-state index is 12.7. The number of carboxylic acid groups (broad SMARTS) is 1. The van der Waals surface area contributed by atoms with Crippen molar-refractivity contribution >= 4 is 23.7 Å². The number of fused-ring (bicyclic) bond motifs is 1. The third-order valence-electron chi connectivity index (χ3n) is 5.19. The molecule has 0 saturated carbocycles. The molecule has 0 aromatic heterocycles. The van der Waals surface area contributed by atoms with Gasteiger partial charge in [-0.25, -0.2) is 14.5 Å². The molecule has 0 radical (unpaired) electrons. The fraction of sp³-hybridized carbons (Fsp3) is 0.500. The van der Waals surface area contributed by atoms with Crippen LogP contribution in [0.3, 0.4) is 0 Å². The molecule has 2 aliphatic heterocycles. The van der Waals surface area contributed by atoms with Gasteiger partial charge in [0, 0.05) is 19.6 Å². The van der Waals surface area contributed by atoms with Gasteiger partial charge in [-0.2, -0.15) is 0 Å². The number of amides is 4. The number of urea groups is 1. The number of nitrogens with one attached hydrogen (secondary N) is 1. The summed E-state index contributed by atoms with van der Waals surface area (Å²) in [6.45, 7) is 5.05. The number of carbonyl (C=O) groups is 3. The number of rotatable bonds is 2. The molecule has 7 heteroatoms. The monoisotopic (exact) mass is 345 g/mol. The van der Waals surface area contributed by atoms with Gasteiger partial charge >= 0.3 is 12.1 Å². The fourth-order valence-corrected chi connectivity index (χ4v) is 3.54. The molecule has 0 unspecified atom stereocenters. The van der Waals surface area contributed by atoms with E-state index in [9.17, 15) is 14.4 Å². The Balaban J connectivity index is 1.63.